The molecule has 0 radical (unpaired) electrons. The fourth-order valence-electron chi connectivity index (χ4n) is 2.04. The number of aryl methyl sites for hydroxylation is 2. The van der Waals surface area contributed by atoms with Crippen molar-refractivity contribution >= 4 is 17.6 Å². The van der Waals surface area contributed by atoms with E-state index in [0.29, 0.717) is 17.8 Å². The van der Waals surface area contributed by atoms with Gasteiger partial charge in [0.2, 0.25) is 0 Å². The molecule has 0 spiro atoms. The summed E-state index contributed by atoms with van der Waals surface area (Å²) in [5.41, 5.74) is 9.97. The number of guanidine groups is 1. The molecular formula is C16H22N5+. The van der Waals surface area contributed by atoms with Crippen molar-refractivity contribution in [2.75, 3.05) is 5.32 Å². The van der Waals surface area contributed by atoms with Crippen molar-refractivity contribution in [1.29, 1.82) is 0 Å². The Morgan fingerprint density at radius 2 is 1.67 bits per heavy atom. The van der Waals surface area contributed by atoms with Gasteiger partial charge in [0.1, 0.15) is 0 Å². The van der Waals surface area contributed by atoms with E-state index in [9.17, 15) is 0 Å². The molecular weight excluding hydrogens is 262 g/mol. The van der Waals surface area contributed by atoms with Gasteiger partial charge in [-0.3, -0.25) is 5.32 Å². The van der Waals surface area contributed by atoms with E-state index < -0.39 is 0 Å². The molecule has 0 fully saturated rings. The maximum absolute atomic E-state index is 5.95. The largest absolute Gasteiger partial charge is 0.354 e. The van der Waals surface area contributed by atoms with E-state index in [1.54, 1.807) is 0 Å². The topological polar surface area (TPSA) is 77.8 Å². The van der Waals surface area contributed by atoms with Crippen molar-refractivity contribution in [3.63, 3.8) is 0 Å². The van der Waals surface area contributed by atoms with E-state index in [1.165, 1.54) is 5.56 Å². The monoisotopic (exact) mass is 284 g/mol. The highest BCUT2D eigenvalue weighted by molar-refractivity contribution is 5.88. The molecule has 0 bridgehead atoms. The normalized spacial score (nSPS) is 11.8. The van der Waals surface area contributed by atoms with Gasteiger partial charge in [-0.25, -0.2) is 4.99 Å². The average Bonchev–Trinajstić information content (AvgIpc) is 2.37. The van der Waals surface area contributed by atoms with Crippen molar-refractivity contribution in [2.45, 2.75) is 33.6 Å². The molecule has 1 heterocycles. The Morgan fingerprint density at radius 3 is 2.19 bits per heavy atom. The first-order valence-corrected chi connectivity index (χ1v) is 7.03. The minimum atomic E-state index is 0.400. The third kappa shape index (κ3) is 4.27. The van der Waals surface area contributed by atoms with Gasteiger partial charge in [-0.2, -0.15) is 0 Å². The summed E-state index contributed by atoms with van der Waals surface area (Å²) < 4.78 is 0. The lowest BCUT2D eigenvalue weighted by Gasteiger charge is -2.06. The van der Waals surface area contributed by atoms with Crippen molar-refractivity contribution in [3.05, 3.63) is 47.3 Å². The minimum absolute atomic E-state index is 0.400. The summed E-state index contributed by atoms with van der Waals surface area (Å²) in [4.78, 5) is 11.6. The highest BCUT2D eigenvalue weighted by Crippen LogP contribution is 2.16. The molecule has 21 heavy (non-hydrogen) atoms. The second-order valence-corrected chi connectivity index (χ2v) is 5.41. The SMILES string of the molecule is Cc1cc(C)nc([NH+]=C(N)Nc2ccc(C(C)C)cc2)n1. The third-order valence-corrected chi connectivity index (χ3v) is 3.09. The van der Waals surface area contributed by atoms with Gasteiger partial charge < -0.3 is 5.73 Å². The van der Waals surface area contributed by atoms with Crippen LogP contribution in [0.2, 0.25) is 0 Å². The molecule has 5 heteroatoms. The summed E-state index contributed by atoms with van der Waals surface area (Å²) in [6, 6.07) is 10.1. The number of nitrogens with one attached hydrogen (secondary N) is 2. The lowest BCUT2D eigenvalue weighted by Crippen LogP contribution is -2.72. The van der Waals surface area contributed by atoms with Gasteiger partial charge in [0.25, 0.3) is 5.96 Å². The maximum Gasteiger partial charge on any atom is 0.354 e. The van der Waals surface area contributed by atoms with Crippen molar-refractivity contribution in [1.82, 2.24) is 9.97 Å². The predicted octanol–water partition coefficient (Wildman–Crippen LogP) is 1.36. The van der Waals surface area contributed by atoms with Gasteiger partial charge in [-0.15, -0.1) is 9.97 Å². The van der Waals surface area contributed by atoms with Crippen LogP contribution in [-0.2, 0) is 0 Å². The molecule has 5 nitrogen and oxygen atoms in total. The summed E-state index contributed by atoms with van der Waals surface area (Å²) in [6.07, 6.45) is 0. The number of aromatic nitrogens is 2. The van der Waals surface area contributed by atoms with E-state index in [1.807, 2.05) is 32.0 Å². The molecule has 0 saturated carbocycles. The number of hydrogen-bond acceptors (Lipinski definition) is 2. The molecule has 0 saturated heterocycles. The van der Waals surface area contributed by atoms with Gasteiger partial charge >= 0.3 is 5.95 Å². The van der Waals surface area contributed by atoms with Crippen molar-refractivity contribution in [2.24, 2.45) is 5.73 Å². The third-order valence-electron chi connectivity index (χ3n) is 3.09. The Labute approximate surface area is 125 Å². The van der Waals surface area contributed by atoms with E-state index in [2.05, 4.69) is 46.3 Å². The van der Waals surface area contributed by atoms with Crippen LogP contribution >= 0.6 is 0 Å². The smallest absolute Gasteiger partial charge is 0.322 e. The molecule has 0 amide bonds. The van der Waals surface area contributed by atoms with Crippen LogP contribution in [0.4, 0.5) is 11.6 Å². The summed E-state index contributed by atoms with van der Waals surface area (Å²) in [5.74, 6) is 1.41. The van der Waals surface area contributed by atoms with E-state index >= 15 is 0 Å². The zero-order valence-corrected chi connectivity index (χ0v) is 12.9. The number of benzene rings is 1. The van der Waals surface area contributed by atoms with Crippen LogP contribution in [-0.4, -0.2) is 15.9 Å². The van der Waals surface area contributed by atoms with Gasteiger partial charge in [-0.1, -0.05) is 26.0 Å². The molecule has 0 aliphatic rings. The molecule has 1 aromatic carbocycles. The Morgan fingerprint density at radius 1 is 1.10 bits per heavy atom. The van der Waals surface area contributed by atoms with Crippen LogP contribution in [0.15, 0.2) is 30.3 Å². The zero-order chi connectivity index (χ0) is 15.4. The number of anilines is 1. The van der Waals surface area contributed by atoms with Crippen LogP contribution < -0.4 is 16.0 Å². The van der Waals surface area contributed by atoms with Crippen LogP contribution in [0.25, 0.3) is 0 Å². The Balaban J connectivity index is 2.13. The fourth-order valence-corrected chi connectivity index (χ4v) is 2.04. The van der Waals surface area contributed by atoms with Crippen LogP contribution in [0.1, 0.15) is 36.7 Å². The first kappa shape index (κ1) is 15.0. The van der Waals surface area contributed by atoms with Crippen LogP contribution in [0, 0.1) is 13.8 Å². The van der Waals surface area contributed by atoms with Gasteiger partial charge in [0.05, 0.1) is 17.1 Å². The van der Waals surface area contributed by atoms with Crippen LogP contribution in [0.3, 0.4) is 0 Å². The first-order chi connectivity index (χ1) is 9.94. The first-order valence-electron chi connectivity index (χ1n) is 7.03. The maximum atomic E-state index is 5.95. The summed E-state index contributed by atoms with van der Waals surface area (Å²) in [6.45, 7) is 8.19. The lowest BCUT2D eigenvalue weighted by molar-refractivity contribution is -0.365. The number of rotatable bonds is 3. The van der Waals surface area contributed by atoms with Gasteiger partial charge in [0.15, 0.2) is 0 Å². The fraction of sp³-hybridized carbons (Fsp3) is 0.312. The Bertz CT molecular complexity index is 624. The van der Waals surface area contributed by atoms with Crippen molar-refractivity contribution in [3.8, 4) is 0 Å². The van der Waals surface area contributed by atoms with E-state index in [4.69, 9.17) is 5.73 Å². The standard InChI is InChI=1S/C16H21N5/c1-10(2)13-5-7-14(8-6-13)20-15(17)21-16-18-11(3)9-12(4)19-16/h5-10H,1-4H3,(H3,17,18,19,20,21)/p+1. The minimum Gasteiger partial charge on any atom is -0.322 e. The molecule has 2 rings (SSSR count). The van der Waals surface area contributed by atoms with Crippen molar-refractivity contribution < 1.29 is 4.99 Å². The Kier molecular flexibility index (Phi) is 4.52. The number of nitrogens with zero attached hydrogens (tertiary/aromatic N) is 2. The van der Waals surface area contributed by atoms with Gasteiger partial charge in [0, 0.05) is 6.07 Å². The van der Waals surface area contributed by atoms with E-state index in [-0.39, 0.29) is 0 Å². The van der Waals surface area contributed by atoms with E-state index in [0.717, 1.165) is 17.1 Å². The number of nitrogens with two attached hydrogens (primary N) is 1. The predicted molar refractivity (Wildman–Crippen MR) is 85.5 cm³/mol. The molecule has 0 aliphatic heterocycles. The highest BCUT2D eigenvalue weighted by Gasteiger charge is 2.06. The average molecular weight is 284 g/mol. The molecule has 2 aromatic rings. The zero-order valence-electron chi connectivity index (χ0n) is 12.9. The summed E-state index contributed by atoms with van der Waals surface area (Å²) >= 11 is 0. The highest BCUT2D eigenvalue weighted by atomic mass is 15.2. The quantitative estimate of drug-likeness (QED) is 0.587. The number of hydrogen-bond donors (Lipinski definition) is 3. The molecule has 0 unspecified atom stereocenters. The molecule has 0 aliphatic carbocycles. The molecule has 110 valence electrons. The lowest BCUT2D eigenvalue weighted by atomic mass is 10.0. The molecule has 4 N–H and O–H groups in total. The second-order valence-electron chi connectivity index (χ2n) is 5.41. The van der Waals surface area contributed by atoms with Gasteiger partial charge in [-0.05, 0) is 37.5 Å². The van der Waals surface area contributed by atoms with Crippen LogP contribution in [0.5, 0.6) is 0 Å². The summed E-state index contributed by atoms with van der Waals surface area (Å²) in [7, 11) is 0. The summed E-state index contributed by atoms with van der Waals surface area (Å²) in [5, 5.41) is 3.10. The molecule has 1 aromatic heterocycles. The Hall–Kier alpha value is -2.43. The molecule has 0 atom stereocenters. The second kappa shape index (κ2) is 6.35.